The van der Waals surface area contributed by atoms with E-state index in [0.717, 1.165) is 42.9 Å². The first kappa shape index (κ1) is 14.1. The van der Waals surface area contributed by atoms with E-state index >= 15 is 0 Å². The third kappa shape index (κ3) is 3.61. The molecule has 3 rings (SSSR count). The summed E-state index contributed by atoms with van der Waals surface area (Å²) >= 11 is 1.46. The monoisotopic (exact) mass is 302 g/mol. The van der Waals surface area contributed by atoms with Crippen molar-refractivity contribution in [1.29, 1.82) is 0 Å². The van der Waals surface area contributed by atoms with Crippen molar-refractivity contribution < 1.29 is 9.53 Å². The van der Waals surface area contributed by atoms with E-state index in [9.17, 15) is 4.79 Å². The maximum Gasteiger partial charge on any atom is 0.229 e. The minimum Gasteiger partial charge on any atom is -0.494 e. The number of nitrogens with zero attached hydrogens (tertiary/aromatic N) is 1. The van der Waals surface area contributed by atoms with Crippen molar-refractivity contribution in [2.75, 3.05) is 11.9 Å². The molecule has 0 spiro atoms. The molecule has 1 amide bonds. The average Bonchev–Trinajstić information content (AvgIpc) is 3.26. The van der Waals surface area contributed by atoms with Crippen molar-refractivity contribution in [1.82, 2.24) is 4.98 Å². The number of nitrogens with one attached hydrogen (secondary N) is 1. The van der Waals surface area contributed by atoms with E-state index in [1.807, 2.05) is 29.6 Å². The van der Waals surface area contributed by atoms with Crippen molar-refractivity contribution in [3.05, 3.63) is 29.6 Å². The zero-order valence-corrected chi connectivity index (χ0v) is 12.8. The van der Waals surface area contributed by atoms with Crippen LogP contribution in [-0.4, -0.2) is 17.5 Å². The third-order valence-electron chi connectivity index (χ3n) is 3.31. The molecule has 0 atom stereocenters. The van der Waals surface area contributed by atoms with Gasteiger partial charge in [0.15, 0.2) is 5.13 Å². The van der Waals surface area contributed by atoms with Crippen LogP contribution >= 0.6 is 11.3 Å². The normalized spacial score (nSPS) is 14.0. The Balaban J connectivity index is 1.66. The van der Waals surface area contributed by atoms with Crippen LogP contribution in [0.15, 0.2) is 29.6 Å². The zero-order valence-electron chi connectivity index (χ0n) is 12.0. The summed E-state index contributed by atoms with van der Waals surface area (Å²) in [4.78, 5) is 16.2. The molecular weight excluding hydrogens is 284 g/mol. The van der Waals surface area contributed by atoms with Gasteiger partial charge in [0.1, 0.15) is 5.75 Å². The number of thiazole rings is 1. The highest BCUT2D eigenvalue weighted by molar-refractivity contribution is 7.14. The van der Waals surface area contributed by atoms with Crippen LogP contribution in [0.1, 0.15) is 26.2 Å². The Kier molecular flexibility index (Phi) is 4.20. The second kappa shape index (κ2) is 6.26. The van der Waals surface area contributed by atoms with E-state index in [1.54, 1.807) is 0 Å². The van der Waals surface area contributed by atoms with Crippen LogP contribution in [0.2, 0.25) is 0 Å². The van der Waals surface area contributed by atoms with Crippen molar-refractivity contribution >= 4 is 22.4 Å². The van der Waals surface area contributed by atoms with E-state index in [1.165, 1.54) is 11.3 Å². The molecule has 0 unspecified atom stereocenters. The minimum absolute atomic E-state index is 0.0965. The first-order valence-electron chi connectivity index (χ1n) is 7.26. The lowest BCUT2D eigenvalue weighted by Gasteiger charge is -2.04. The molecule has 1 aliphatic carbocycles. The van der Waals surface area contributed by atoms with Gasteiger partial charge >= 0.3 is 0 Å². The fourth-order valence-electron chi connectivity index (χ4n) is 1.96. The molecule has 1 saturated carbocycles. The topological polar surface area (TPSA) is 51.2 Å². The number of amides is 1. The van der Waals surface area contributed by atoms with Crippen molar-refractivity contribution in [2.45, 2.75) is 26.2 Å². The maximum absolute atomic E-state index is 11.7. The summed E-state index contributed by atoms with van der Waals surface area (Å²) in [5, 5.41) is 5.51. The summed E-state index contributed by atoms with van der Waals surface area (Å²) in [7, 11) is 0. The SMILES string of the molecule is CCCOc1ccc(-c2csc(NC(=O)C3CC3)n2)cc1. The Bertz CT molecular complexity index is 617. The van der Waals surface area contributed by atoms with Crippen LogP contribution in [0, 0.1) is 5.92 Å². The van der Waals surface area contributed by atoms with Crippen LogP contribution in [0.25, 0.3) is 11.3 Å². The van der Waals surface area contributed by atoms with Gasteiger partial charge in [-0.3, -0.25) is 4.79 Å². The standard InChI is InChI=1S/C16H18N2O2S/c1-2-9-20-13-7-5-11(6-8-13)14-10-21-16(17-14)18-15(19)12-3-4-12/h5-8,10,12H,2-4,9H2,1H3,(H,17,18,19). The first-order valence-corrected chi connectivity index (χ1v) is 8.14. The van der Waals surface area contributed by atoms with Gasteiger partial charge in [0.05, 0.1) is 12.3 Å². The Morgan fingerprint density at radius 2 is 2.14 bits per heavy atom. The van der Waals surface area contributed by atoms with Gasteiger partial charge in [-0.2, -0.15) is 0 Å². The van der Waals surface area contributed by atoms with E-state index < -0.39 is 0 Å². The van der Waals surface area contributed by atoms with Gasteiger partial charge in [0.25, 0.3) is 0 Å². The highest BCUT2D eigenvalue weighted by Gasteiger charge is 2.30. The van der Waals surface area contributed by atoms with Gasteiger partial charge in [-0.15, -0.1) is 11.3 Å². The molecule has 0 saturated heterocycles. The quantitative estimate of drug-likeness (QED) is 0.879. The second-order valence-corrected chi connectivity index (χ2v) is 6.03. The molecule has 1 heterocycles. The van der Waals surface area contributed by atoms with E-state index in [0.29, 0.717) is 5.13 Å². The number of hydrogen-bond donors (Lipinski definition) is 1. The Labute approximate surface area is 128 Å². The number of benzene rings is 1. The smallest absolute Gasteiger partial charge is 0.229 e. The van der Waals surface area contributed by atoms with Gasteiger partial charge < -0.3 is 10.1 Å². The van der Waals surface area contributed by atoms with Crippen LogP contribution in [0.5, 0.6) is 5.75 Å². The Morgan fingerprint density at radius 3 is 2.81 bits per heavy atom. The largest absolute Gasteiger partial charge is 0.494 e. The number of carbonyl (C=O) groups excluding carboxylic acids is 1. The fraction of sp³-hybridized carbons (Fsp3) is 0.375. The predicted octanol–water partition coefficient (Wildman–Crippen LogP) is 3.95. The number of aromatic nitrogens is 1. The summed E-state index contributed by atoms with van der Waals surface area (Å²) in [6.07, 6.45) is 3.00. The van der Waals surface area contributed by atoms with E-state index in [4.69, 9.17) is 4.74 Å². The molecule has 21 heavy (non-hydrogen) atoms. The van der Waals surface area contributed by atoms with Crippen molar-refractivity contribution in [3.63, 3.8) is 0 Å². The van der Waals surface area contributed by atoms with E-state index in [2.05, 4.69) is 17.2 Å². The molecule has 1 fully saturated rings. The Hall–Kier alpha value is -1.88. The highest BCUT2D eigenvalue weighted by Crippen LogP contribution is 2.32. The summed E-state index contributed by atoms with van der Waals surface area (Å²) in [6, 6.07) is 7.89. The van der Waals surface area contributed by atoms with Crippen molar-refractivity contribution in [2.24, 2.45) is 5.92 Å². The van der Waals surface area contributed by atoms with Gasteiger partial charge in [-0.25, -0.2) is 4.98 Å². The predicted molar refractivity (Wildman–Crippen MR) is 84.7 cm³/mol. The van der Waals surface area contributed by atoms with Crippen LogP contribution in [0.4, 0.5) is 5.13 Å². The molecule has 0 bridgehead atoms. The van der Waals surface area contributed by atoms with Crippen LogP contribution in [0.3, 0.4) is 0 Å². The lowest BCUT2D eigenvalue weighted by Crippen LogP contribution is -2.12. The summed E-state index contributed by atoms with van der Waals surface area (Å²) in [5.74, 6) is 1.17. The molecule has 0 radical (unpaired) electrons. The van der Waals surface area contributed by atoms with Crippen LogP contribution in [-0.2, 0) is 4.79 Å². The average molecular weight is 302 g/mol. The molecule has 4 nitrogen and oxygen atoms in total. The van der Waals surface area contributed by atoms with Gasteiger partial charge in [-0.1, -0.05) is 6.92 Å². The van der Waals surface area contributed by atoms with Crippen molar-refractivity contribution in [3.8, 4) is 17.0 Å². The third-order valence-corrected chi connectivity index (χ3v) is 4.06. The summed E-state index contributed by atoms with van der Waals surface area (Å²) in [5.41, 5.74) is 1.91. The zero-order chi connectivity index (χ0) is 14.7. The lowest BCUT2D eigenvalue weighted by molar-refractivity contribution is -0.117. The molecule has 110 valence electrons. The molecule has 1 aromatic heterocycles. The molecule has 1 aromatic carbocycles. The van der Waals surface area contributed by atoms with Gasteiger partial charge in [0, 0.05) is 16.9 Å². The Morgan fingerprint density at radius 1 is 1.38 bits per heavy atom. The highest BCUT2D eigenvalue weighted by atomic mass is 32.1. The number of ether oxygens (including phenoxy) is 1. The minimum atomic E-state index is 0.0965. The fourth-order valence-corrected chi connectivity index (χ4v) is 2.68. The number of carbonyl (C=O) groups is 1. The van der Waals surface area contributed by atoms with Crippen LogP contribution < -0.4 is 10.1 Å². The number of anilines is 1. The number of rotatable bonds is 6. The summed E-state index contributed by atoms with van der Waals surface area (Å²) in [6.45, 7) is 2.81. The maximum atomic E-state index is 11.7. The molecule has 5 heteroatoms. The molecule has 1 aliphatic rings. The molecular formula is C16H18N2O2S. The molecule has 1 N–H and O–H groups in total. The number of hydrogen-bond acceptors (Lipinski definition) is 4. The summed E-state index contributed by atoms with van der Waals surface area (Å²) < 4.78 is 5.56. The molecule has 2 aromatic rings. The van der Waals surface area contributed by atoms with E-state index in [-0.39, 0.29) is 11.8 Å². The lowest BCUT2D eigenvalue weighted by atomic mass is 10.2. The second-order valence-electron chi connectivity index (χ2n) is 5.17. The van der Waals surface area contributed by atoms with Gasteiger partial charge in [-0.05, 0) is 43.5 Å². The van der Waals surface area contributed by atoms with Gasteiger partial charge in [0.2, 0.25) is 5.91 Å². The first-order chi connectivity index (χ1) is 10.3. The molecule has 0 aliphatic heterocycles.